The zero-order chi connectivity index (χ0) is 28.4. The molecule has 0 spiro atoms. The lowest BCUT2D eigenvalue weighted by atomic mass is 9.84. The number of hydrogen-bond donors (Lipinski definition) is 1. The molecule has 0 saturated carbocycles. The van der Waals surface area contributed by atoms with Crippen LogP contribution in [0, 0.1) is 13.8 Å². The standard InChI is InChI=1S/C35H55NO3/c1-26(2)14-11-15-27(3)16-12-17-28(4)18-13-20-35(7)21-19-31-32-24-36(22-9-8-10-23-37)25-38-33(32)29(5)30(6)34(31)39-35/h14,16,18,37H,8-13,15,17,19-25H2,1-7H3/b27-16+,28-18+/t35-/m1/s1. The highest BCUT2D eigenvalue weighted by molar-refractivity contribution is 5.60. The number of allylic oxidation sites excluding steroid dienone is 6. The molecule has 1 atom stereocenters. The van der Waals surface area contributed by atoms with Gasteiger partial charge in [-0.3, -0.25) is 4.90 Å². The van der Waals surface area contributed by atoms with E-state index in [-0.39, 0.29) is 12.2 Å². The van der Waals surface area contributed by atoms with E-state index >= 15 is 0 Å². The quantitative estimate of drug-likeness (QED) is 0.190. The van der Waals surface area contributed by atoms with E-state index in [9.17, 15) is 0 Å². The largest absolute Gasteiger partial charge is 0.487 e. The first-order valence-electron chi connectivity index (χ1n) is 15.4. The highest BCUT2D eigenvalue weighted by Gasteiger charge is 2.36. The Bertz CT molecular complexity index is 1050. The Morgan fingerprint density at radius 1 is 0.872 bits per heavy atom. The van der Waals surface area contributed by atoms with Crippen molar-refractivity contribution in [2.45, 2.75) is 131 Å². The summed E-state index contributed by atoms with van der Waals surface area (Å²) in [6, 6.07) is 0. The van der Waals surface area contributed by atoms with E-state index in [1.807, 2.05) is 0 Å². The summed E-state index contributed by atoms with van der Waals surface area (Å²) in [5, 5.41) is 9.08. The van der Waals surface area contributed by atoms with Crippen LogP contribution in [-0.2, 0) is 13.0 Å². The number of fused-ring (bicyclic) bond motifs is 3. The van der Waals surface area contributed by atoms with Gasteiger partial charge in [-0.2, -0.15) is 0 Å². The number of rotatable bonds is 14. The second kappa shape index (κ2) is 15.1. The molecule has 1 aromatic rings. The van der Waals surface area contributed by atoms with Gasteiger partial charge in [-0.25, -0.2) is 0 Å². The van der Waals surface area contributed by atoms with Crippen molar-refractivity contribution in [3.63, 3.8) is 0 Å². The molecule has 2 heterocycles. The number of aliphatic hydroxyl groups is 1. The number of benzene rings is 1. The summed E-state index contributed by atoms with van der Waals surface area (Å²) in [6.45, 7) is 18.5. The maximum Gasteiger partial charge on any atom is 0.142 e. The molecule has 0 bridgehead atoms. The van der Waals surface area contributed by atoms with Crippen LogP contribution in [-0.4, -0.2) is 35.5 Å². The molecule has 0 amide bonds. The van der Waals surface area contributed by atoms with Gasteiger partial charge in [0, 0.05) is 30.8 Å². The lowest BCUT2D eigenvalue weighted by Gasteiger charge is -2.40. The number of ether oxygens (including phenoxy) is 2. The minimum Gasteiger partial charge on any atom is -0.487 e. The SMILES string of the molecule is CC(C)=CCC/C(C)=C/CC/C(C)=C/CC[C@]1(C)CCc2c3c(c(C)c(C)c2O1)OCN(CCCCCO)C3. The monoisotopic (exact) mass is 537 g/mol. The molecule has 0 aromatic heterocycles. The van der Waals surface area contributed by atoms with E-state index in [1.54, 1.807) is 0 Å². The van der Waals surface area contributed by atoms with E-state index in [0.29, 0.717) is 6.73 Å². The van der Waals surface area contributed by atoms with Crippen LogP contribution in [0.1, 0.15) is 121 Å². The molecule has 3 rings (SSSR count). The van der Waals surface area contributed by atoms with Gasteiger partial charge in [0.2, 0.25) is 0 Å². The lowest BCUT2D eigenvalue weighted by Crippen LogP contribution is -2.39. The molecule has 1 aromatic carbocycles. The normalized spacial score (nSPS) is 19.7. The van der Waals surface area contributed by atoms with Crippen LogP contribution in [0.2, 0.25) is 0 Å². The van der Waals surface area contributed by atoms with Crippen LogP contribution in [0.4, 0.5) is 0 Å². The van der Waals surface area contributed by atoms with Crippen LogP contribution in [0.15, 0.2) is 34.9 Å². The Hall–Kier alpha value is -2.04. The first kappa shape index (κ1) is 31.5. The van der Waals surface area contributed by atoms with Gasteiger partial charge in [-0.05, 0) is 130 Å². The smallest absolute Gasteiger partial charge is 0.142 e. The average Bonchev–Trinajstić information content (AvgIpc) is 2.89. The van der Waals surface area contributed by atoms with E-state index < -0.39 is 0 Å². The molecule has 0 unspecified atom stereocenters. The van der Waals surface area contributed by atoms with Crippen LogP contribution in [0.25, 0.3) is 0 Å². The maximum atomic E-state index is 9.08. The Kier molecular flexibility index (Phi) is 12.2. The molecule has 218 valence electrons. The second-order valence-electron chi connectivity index (χ2n) is 12.5. The minimum absolute atomic E-state index is 0.129. The molecule has 39 heavy (non-hydrogen) atoms. The Labute approximate surface area is 239 Å². The van der Waals surface area contributed by atoms with Crippen molar-refractivity contribution in [3.8, 4) is 11.5 Å². The highest BCUT2D eigenvalue weighted by atomic mass is 16.5. The van der Waals surface area contributed by atoms with E-state index in [1.165, 1.54) is 45.4 Å². The fourth-order valence-corrected chi connectivity index (χ4v) is 5.85. The molecule has 4 heteroatoms. The van der Waals surface area contributed by atoms with Crippen molar-refractivity contribution >= 4 is 0 Å². The third-order valence-corrected chi connectivity index (χ3v) is 8.60. The van der Waals surface area contributed by atoms with Crippen molar-refractivity contribution < 1.29 is 14.6 Å². The highest BCUT2D eigenvalue weighted by Crippen LogP contribution is 2.46. The average molecular weight is 538 g/mol. The van der Waals surface area contributed by atoms with E-state index in [4.69, 9.17) is 14.6 Å². The lowest BCUT2D eigenvalue weighted by molar-refractivity contribution is 0.0521. The topological polar surface area (TPSA) is 41.9 Å². The summed E-state index contributed by atoms with van der Waals surface area (Å²) in [4.78, 5) is 2.40. The van der Waals surface area contributed by atoms with Gasteiger partial charge in [-0.15, -0.1) is 0 Å². The Morgan fingerprint density at radius 2 is 1.54 bits per heavy atom. The van der Waals surface area contributed by atoms with Crippen molar-refractivity contribution in [2.75, 3.05) is 19.9 Å². The Morgan fingerprint density at radius 3 is 2.23 bits per heavy atom. The number of hydrogen-bond acceptors (Lipinski definition) is 4. The fourth-order valence-electron chi connectivity index (χ4n) is 5.85. The van der Waals surface area contributed by atoms with Crippen LogP contribution in [0.3, 0.4) is 0 Å². The summed E-state index contributed by atoms with van der Waals surface area (Å²) in [5.41, 5.74) is 9.44. The molecule has 0 aliphatic carbocycles. The molecular formula is C35H55NO3. The summed E-state index contributed by atoms with van der Waals surface area (Å²) < 4.78 is 13.1. The first-order valence-corrected chi connectivity index (χ1v) is 15.4. The van der Waals surface area contributed by atoms with Crippen molar-refractivity contribution in [2.24, 2.45) is 0 Å². The summed E-state index contributed by atoms with van der Waals surface area (Å²) in [5.74, 6) is 2.20. The van der Waals surface area contributed by atoms with Crippen LogP contribution < -0.4 is 9.47 Å². The van der Waals surface area contributed by atoms with Crippen molar-refractivity contribution in [3.05, 3.63) is 57.2 Å². The molecule has 1 N–H and O–H groups in total. The van der Waals surface area contributed by atoms with Crippen LogP contribution >= 0.6 is 0 Å². The van der Waals surface area contributed by atoms with Gasteiger partial charge < -0.3 is 14.6 Å². The predicted molar refractivity (Wildman–Crippen MR) is 165 cm³/mol. The van der Waals surface area contributed by atoms with Gasteiger partial charge in [0.25, 0.3) is 0 Å². The molecule has 0 fully saturated rings. The van der Waals surface area contributed by atoms with Gasteiger partial charge in [-0.1, -0.05) is 34.9 Å². The third kappa shape index (κ3) is 9.25. The molecule has 2 aliphatic heterocycles. The molecule has 2 aliphatic rings. The summed E-state index contributed by atoms with van der Waals surface area (Å²) >= 11 is 0. The van der Waals surface area contributed by atoms with Gasteiger partial charge in [0.05, 0.1) is 0 Å². The molecule has 4 nitrogen and oxygen atoms in total. The van der Waals surface area contributed by atoms with Crippen molar-refractivity contribution in [1.82, 2.24) is 4.90 Å². The maximum absolute atomic E-state index is 9.08. The number of nitrogens with zero attached hydrogens (tertiary/aromatic N) is 1. The predicted octanol–water partition coefficient (Wildman–Crippen LogP) is 8.90. The third-order valence-electron chi connectivity index (χ3n) is 8.60. The zero-order valence-corrected chi connectivity index (χ0v) is 26.0. The van der Waals surface area contributed by atoms with Gasteiger partial charge in [0.15, 0.2) is 0 Å². The van der Waals surface area contributed by atoms with Crippen LogP contribution in [0.5, 0.6) is 11.5 Å². The zero-order valence-electron chi connectivity index (χ0n) is 26.0. The number of unbranched alkanes of at least 4 members (excludes halogenated alkanes) is 2. The molecular weight excluding hydrogens is 482 g/mol. The number of aliphatic hydroxyl groups excluding tert-OH is 1. The summed E-state index contributed by atoms with van der Waals surface area (Å²) in [7, 11) is 0. The fraction of sp³-hybridized carbons (Fsp3) is 0.657. The molecule has 0 saturated heterocycles. The van der Waals surface area contributed by atoms with Gasteiger partial charge >= 0.3 is 0 Å². The van der Waals surface area contributed by atoms with E-state index in [2.05, 4.69) is 71.6 Å². The van der Waals surface area contributed by atoms with E-state index in [0.717, 1.165) is 88.8 Å². The molecule has 0 radical (unpaired) electrons. The Balaban J connectivity index is 1.57. The van der Waals surface area contributed by atoms with Crippen molar-refractivity contribution in [1.29, 1.82) is 0 Å². The second-order valence-corrected chi connectivity index (χ2v) is 12.5. The first-order chi connectivity index (χ1) is 18.6. The summed E-state index contributed by atoms with van der Waals surface area (Å²) in [6.07, 6.45) is 19.0. The minimum atomic E-state index is -0.129. The van der Waals surface area contributed by atoms with Gasteiger partial charge in [0.1, 0.15) is 23.8 Å².